The van der Waals surface area contributed by atoms with Gasteiger partial charge in [-0.25, -0.2) is 4.98 Å². The summed E-state index contributed by atoms with van der Waals surface area (Å²) in [6, 6.07) is 0.186. The van der Waals surface area contributed by atoms with Crippen molar-refractivity contribution in [3.8, 4) is 0 Å². The van der Waals surface area contributed by atoms with Crippen molar-refractivity contribution in [3.05, 3.63) is 16.6 Å². The first-order valence-corrected chi connectivity index (χ1v) is 4.49. The topological polar surface area (TPSA) is 46.9 Å². The largest absolute Gasteiger partial charge is 0.345 e. The van der Waals surface area contributed by atoms with Gasteiger partial charge in [0.2, 0.25) is 0 Å². The molecule has 0 spiro atoms. The summed E-state index contributed by atoms with van der Waals surface area (Å²) in [4.78, 5) is 15.3. The molecule has 0 radical (unpaired) electrons. The van der Waals surface area contributed by atoms with Gasteiger partial charge in [-0.15, -0.1) is 0 Å². The Morgan fingerprint density at radius 2 is 2.58 bits per heavy atom. The smallest absolute Gasteiger partial charge is 0.287 e. The molecule has 12 heavy (non-hydrogen) atoms. The maximum absolute atomic E-state index is 11.3. The van der Waals surface area contributed by atoms with Gasteiger partial charge < -0.3 is 9.88 Å². The number of aromatic nitrogens is 2. The van der Waals surface area contributed by atoms with Gasteiger partial charge >= 0.3 is 0 Å². The van der Waals surface area contributed by atoms with Gasteiger partial charge in [-0.2, -0.15) is 0 Å². The molecular formula is C7H8BrN3O. The van der Waals surface area contributed by atoms with E-state index in [4.69, 9.17) is 0 Å². The SMILES string of the molecule is CC1Cn2cc(Br)nc2C(=O)N1. The van der Waals surface area contributed by atoms with Crippen LogP contribution in [0.1, 0.15) is 17.5 Å². The standard InChI is InChI=1S/C7H8BrN3O/c1-4-2-11-3-5(8)10-6(11)7(12)9-4/h3-4H,2H2,1H3,(H,9,12). The molecule has 1 unspecified atom stereocenters. The fourth-order valence-corrected chi connectivity index (χ4v) is 1.75. The molecule has 1 aliphatic rings. The summed E-state index contributed by atoms with van der Waals surface area (Å²) < 4.78 is 2.56. The minimum Gasteiger partial charge on any atom is -0.345 e. The van der Waals surface area contributed by atoms with Crippen LogP contribution in [0.25, 0.3) is 0 Å². The Hall–Kier alpha value is -0.840. The first-order valence-electron chi connectivity index (χ1n) is 3.70. The van der Waals surface area contributed by atoms with E-state index < -0.39 is 0 Å². The number of nitrogens with zero attached hydrogens (tertiary/aromatic N) is 2. The zero-order valence-corrected chi connectivity index (χ0v) is 8.13. The van der Waals surface area contributed by atoms with E-state index in [9.17, 15) is 4.79 Å². The molecule has 64 valence electrons. The zero-order chi connectivity index (χ0) is 8.72. The molecule has 1 aromatic rings. The highest BCUT2D eigenvalue weighted by atomic mass is 79.9. The Morgan fingerprint density at radius 1 is 1.83 bits per heavy atom. The van der Waals surface area contributed by atoms with Crippen molar-refractivity contribution in [2.45, 2.75) is 19.5 Å². The molecule has 1 atom stereocenters. The second-order valence-electron chi connectivity index (χ2n) is 2.91. The predicted molar refractivity (Wildman–Crippen MR) is 46.9 cm³/mol. The summed E-state index contributed by atoms with van der Waals surface area (Å²) in [5.74, 6) is 0.388. The molecule has 4 nitrogen and oxygen atoms in total. The molecule has 5 heteroatoms. The molecule has 0 saturated carbocycles. The van der Waals surface area contributed by atoms with Gasteiger partial charge in [0.1, 0.15) is 4.60 Å². The third-order valence-corrected chi connectivity index (χ3v) is 2.18. The zero-order valence-electron chi connectivity index (χ0n) is 6.54. The number of hydrogen-bond acceptors (Lipinski definition) is 2. The van der Waals surface area contributed by atoms with E-state index in [0.717, 1.165) is 6.54 Å². The molecule has 1 aliphatic heterocycles. The Labute approximate surface area is 78.1 Å². The van der Waals surface area contributed by atoms with Crippen LogP contribution < -0.4 is 5.32 Å². The molecule has 1 amide bonds. The number of nitrogens with one attached hydrogen (secondary N) is 1. The fourth-order valence-electron chi connectivity index (χ4n) is 1.33. The highest BCUT2D eigenvalue weighted by Crippen LogP contribution is 2.13. The maximum atomic E-state index is 11.3. The van der Waals surface area contributed by atoms with E-state index >= 15 is 0 Å². The molecule has 0 saturated heterocycles. The highest BCUT2D eigenvalue weighted by Gasteiger charge is 2.22. The van der Waals surface area contributed by atoms with Gasteiger partial charge in [0.25, 0.3) is 5.91 Å². The van der Waals surface area contributed by atoms with E-state index in [2.05, 4.69) is 26.2 Å². The van der Waals surface area contributed by atoms with Crippen LogP contribution in [-0.2, 0) is 6.54 Å². The first-order chi connectivity index (χ1) is 5.66. The van der Waals surface area contributed by atoms with Gasteiger partial charge in [0, 0.05) is 18.8 Å². The number of amides is 1. The quantitative estimate of drug-likeness (QED) is 0.715. The van der Waals surface area contributed by atoms with Gasteiger partial charge in [-0.1, -0.05) is 0 Å². The Kier molecular flexibility index (Phi) is 1.68. The summed E-state index contributed by atoms with van der Waals surface area (Å²) in [7, 11) is 0. The van der Waals surface area contributed by atoms with E-state index in [1.54, 1.807) is 0 Å². The molecule has 1 aromatic heterocycles. The average Bonchev–Trinajstić information content (AvgIpc) is 2.29. The number of hydrogen-bond donors (Lipinski definition) is 1. The lowest BCUT2D eigenvalue weighted by Gasteiger charge is -2.20. The summed E-state index contributed by atoms with van der Waals surface area (Å²) in [6.07, 6.45) is 1.82. The van der Waals surface area contributed by atoms with Crippen LogP contribution in [-0.4, -0.2) is 21.5 Å². The van der Waals surface area contributed by atoms with Gasteiger partial charge in [0.05, 0.1) is 0 Å². The average molecular weight is 230 g/mol. The van der Waals surface area contributed by atoms with Crippen LogP contribution in [0.5, 0.6) is 0 Å². The fraction of sp³-hybridized carbons (Fsp3) is 0.429. The van der Waals surface area contributed by atoms with Crippen LogP contribution in [0.4, 0.5) is 0 Å². The summed E-state index contributed by atoms with van der Waals surface area (Å²) in [6.45, 7) is 2.76. The van der Waals surface area contributed by atoms with Crippen LogP contribution in [0.15, 0.2) is 10.8 Å². The van der Waals surface area contributed by atoms with Crippen molar-refractivity contribution in [1.82, 2.24) is 14.9 Å². The normalized spacial score (nSPS) is 21.8. The number of carbonyl (C=O) groups excluding carboxylic acids is 1. The third kappa shape index (κ3) is 1.14. The molecule has 0 aliphatic carbocycles. The molecule has 2 rings (SSSR count). The summed E-state index contributed by atoms with van der Waals surface area (Å²) >= 11 is 3.23. The number of rotatable bonds is 0. The van der Waals surface area contributed by atoms with Crippen LogP contribution in [0.2, 0.25) is 0 Å². The minimum absolute atomic E-state index is 0.0977. The van der Waals surface area contributed by atoms with Gasteiger partial charge in [-0.3, -0.25) is 4.79 Å². The van der Waals surface area contributed by atoms with Gasteiger partial charge in [0.15, 0.2) is 5.82 Å². The van der Waals surface area contributed by atoms with E-state index in [-0.39, 0.29) is 11.9 Å². The van der Waals surface area contributed by atoms with Crippen LogP contribution in [0, 0.1) is 0 Å². The second kappa shape index (κ2) is 2.58. The van der Waals surface area contributed by atoms with E-state index in [1.807, 2.05) is 17.7 Å². The molecule has 1 N–H and O–H groups in total. The maximum Gasteiger partial charge on any atom is 0.287 e. The van der Waals surface area contributed by atoms with Crippen molar-refractivity contribution in [3.63, 3.8) is 0 Å². The summed E-state index contributed by atoms with van der Waals surface area (Å²) in [5, 5.41) is 2.81. The predicted octanol–water partition coefficient (Wildman–Crippen LogP) is 0.778. The molecule has 2 heterocycles. The monoisotopic (exact) mass is 229 g/mol. The van der Waals surface area contributed by atoms with Crippen molar-refractivity contribution < 1.29 is 4.79 Å². The van der Waals surface area contributed by atoms with Crippen LogP contribution in [0.3, 0.4) is 0 Å². The number of fused-ring (bicyclic) bond motifs is 1. The second-order valence-corrected chi connectivity index (χ2v) is 3.73. The lowest BCUT2D eigenvalue weighted by atomic mass is 10.2. The minimum atomic E-state index is -0.0977. The van der Waals surface area contributed by atoms with E-state index in [1.165, 1.54) is 0 Å². The van der Waals surface area contributed by atoms with Crippen molar-refractivity contribution in [1.29, 1.82) is 0 Å². The third-order valence-electron chi connectivity index (χ3n) is 1.80. The molecule has 0 bridgehead atoms. The van der Waals surface area contributed by atoms with Crippen molar-refractivity contribution in [2.75, 3.05) is 0 Å². The molecule has 0 fully saturated rings. The number of halogens is 1. The molecular weight excluding hydrogens is 222 g/mol. The number of imidazole rings is 1. The Morgan fingerprint density at radius 3 is 3.33 bits per heavy atom. The first kappa shape index (κ1) is 7.79. The lowest BCUT2D eigenvalue weighted by molar-refractivity contribution is 0.0899. The van der Waals surface area contributed by atoms with Crippen LogP contribution >= 0.6 is 15.9 Å². The van der Waals surface area contributed by atoms with E-state index in [0.29, 0.717) is 10.4 Å². The molecule has 0 aromatic carbocycles. The summed E-state index contributed by atoms with van der Waals surface area (Å²) in [5.41, 5.74) is 0. The van der Waals surface area contributed by atoms with Gasteiger partial charge in [-0.05, 0) is 22.9 Å². The Bertz CT molecular complexity index is 333. The number of carbonyl (C=O) groups is 1. The lowest BCUT2D eigenvalue weighted by Crippen LogP contribution is -2.42. The van der Waals surface area contributed by atoms with Crippen molar-refractivity contribution in [2.24, 2.45) is 0 Å². The highest BCUT2D eigenvalue weighted by molar-refractivity contribution is 9.10. The van der Waals surface area contributed by atoms with Crippen molar-refractivity contribution >= 4 is 21.8 Å². The Balaban J connectivity index is 2.46.